The van der Waals surface area contributed by atoms with Gasteiger partial charge in [0, 0.05) is 24.6 Å². The predicted octanol–water partition coefficient (Wildman–Crippen LogP) is 4.98. The van der Waals surface area contributed by atoms with Crippen molar-refractivity contribution in [3.05, 3.63) is 90.6 Å². The van der Waals surface area contributed by atoms with Gasteiger partial charge < -0.3 is 10.6 Å². The number of imidazole rings is 1. The maximum Gasteiger partial charge on any atom is 0.416 e. The molecule has 0 bridgehead atoms. The van der Waals surface area contributed by atoms with Gasteiger partial charge in [0.05, 0.1) is 11.8 Å². The van der Waals surface area contributed by atoms with Gasteiger partial charge in [-0.15, -0.1) is 0 Å². The molecular formula is C23H17F3N8. The van der Waals surface area contributed by atoms with Crippen molar-refractivity contribution in [3.8, 4) is 5.69 Å². The van der Waals surface area contributed by atoms with Crippen molar-refractivity contribution in [2.24, 2.45) is 0 Å². The van der Waals surface area contributed by atoms with Crippen LogP contribution in [0.15, 0.2) is 79.5 Å². The van der Waals surface area contributed by atoms with E-state index in [2.05, 4.69) is 35.6 Å². The van der Waals surface area contributed by atoms with E-state index in [-0.39, 0.29) is 12.5 Å². The number of rotatable bonds is 6. The lowest BCUT2D eigenvalue weighted by atomic mass is 10.1. The number of hydrogen-bond acceptors (Lipinski definition) is 7. The topological polar surface area (TPSA) is 93.4 Å². The molecule has 0 radical (unpaired) electrons. The number of nitrogens with one attached hydrogen (secondary N) is 2. The molecule has 0 saturated heterocycles. The van der Waals surface area contributed by atoms with Crippen molar-refractivity contribution in [1.29, 1.82) is 0 Å². The van der Waals surface area contributed by atoms with Crippen LogP contribution < -0.4 is 10.6 Å². The van der Waals surface area contributed by atoms with Crippen LogP contribution in [0.1, 0.15) is 11.1 Å². The van der Waals surface area contributed by atoms with Gasteiger partial charge in [-0.3, -0.25) is 9.55 Å². The molecule has 11 heteroatoms. The number of benzene rings is 2. The normalized spacial score (nSPS) is 11.5. The Morgan fingerprint density at radius 1 is 0.912 bits per heavy atom. The van der Waals surface area contributed by atoms with E-state index >= 15 is 0 Å². The maximum atomic E-state index is 13.1. The quantitative estimate of drug-likeness (QED) is 0.368. The summed E-state index contributed by atoms with van der Waals surface area (Å²) in [5, 5.41) is 6.11. The van der Waals surface area contributed by atoms with Gasteiger partial charge in [0.2, 0.25) is 5.95 Å². The molecule has 170 valence electrons. The first-order valence-electron chi connectivity index (χ1n) is 10.2. The van der Waals surface area contributed by atoms with Crippen molar-refractivity contribution in [2.75, 3.05) is 10.6 Å². The highest BCUT2D eigenvalue weighted by Crippen LogP contribution is 2.30. The summed E-state index contributed by atoms with van der Waals surface area (Å²) in [6.07, 6.45) is 1.80. The molecule has 2 N–H and O–H groups in total. The lowest BCUT2D eigenvalue weighted by molar-refractivity contribution is -0.137. The Morgan fingerprint density at radius 3 is 2.53 bits per heavy atom. The van der Waals surface area contributed by atoms with E-state index in [4.69, 9.17) is 0 Å². The van der Waals surface area contributed by atoms with Crippen LogP contribution in [0.2, 0.25) is 0 Å². The number of fused-ring (bicyclic) bond motifs is 1. The smallest absolute Gasteiger partial charge is 0.364 e. The molecule has 0 amide bonds. The van der Waals surface area contributed by atoms with Crippen molar-refractivity contribution in [3.63, 3.8) is 0 Å². The van der Waals surface area contributed by atoms with Gasteiger partial charge >= 0.3 is 6.18 Å². The van der Waals surface area contributed by atoms with E-state index in [1.807, 2.05) is 30.3 Å². The summed E-state index contributed by atoms with van der Waals surface area (Å²) in [7, 11) is 0. The van der Waals surface area contributed by atoms with E-state index < -0.39 is 11.7 Å². The molecule has 8 nitrogen and oxygen atoms in total. The summed E-state index contributed by atoms with van der Waals surface area (Å²) >= 11 is 0. The molecule has 2 aromatic carbocycles. The van der Waals surface area contributed by atoms with Crippen LogP contribution in [0.3, 0.4) is 0 Å². The fourth-order valence-electron chi connectivity index (χ4n) is 3.38. The molecule has 0 saturated carbocycles. The highest BCUT2D eigenvalue weighted by molar-refractivity contribution is 5.85. The Balaban J connectivity index is 1.53. The van der Waals surface area contributed by atoms with Crippen LogP contribution in [0, 0.1) is 0 Å². The van der Waals surface area contributed by atoms with Crippen LogP contribution in [0.4, 0.5) is 30.8 Å². The Labute approximate surface area is 191 Å². The monoisotopic (exact) mass is 462 g/mol. The minimum atomic E-state index is -4.42. The number of hydrogen-bond donors (Lipinski definition) is 2. The van der Waals surface area contributed by atoms with E-state index in [0.717, 1.165) is 17.8 Å². The van der Waals surface area contributed by atoms with Crippen LogP contribution in [0.25, 0.3) is 16.9 Å². The minimum Gasteiger partial charge on any atom is -0.364 e. The van der Waals surface area contributed by atoms with Crippen LogP contribution >= 0.6 is 0 Å². The molecular weight excluding hydrogens is 445 g/mol. The second-order valence-corrected chi connectivity index (χ2v) is 7.29. The molecule has 0 aliphatic heterocycles. The third-order valence-electron chi connectivity index (χ3n) is 4.95. The SMILES string of the molecule is FC(F)(F)c1cccc(CNc2nc(Nc3cnccn3)nc3c2ncn3-c2ccccc2)c1. The fraction of sp³-hybridized carbons (Fsp3) is 0.0870. The lowest BCUT2D eigenvalue weighted by Crippen LogP contribution is -2.09. The van der Waals surface area contributed by atoms with Crippen LogP contribution in [0.5, 0.6) is 0 Å². The van der Waals surface area contributed by atoms with Crippen molar-refractivity contribution in [2.45, 2.75) is 12.7 Å². The first-order chi connectivity index (χ1) is 16.5. The Bertz CT molecular complexity index is 1420. The molecule has 3 aromatic heterocycles. The first-order valence-corrected chi connectivity index (χ1v) is 10.2. The van der Waals surface area contributed by atoms with Gasteiger partial charge in [0.15, 0.2) is 22.8 Å². The molecule has 0 fully saturated rings. The molecule has 0 atom stereocenters. The summed E-state index contributed by atoms with van der Waals surface area (Å²) in [6.45, 7) is 0.110. The largest absolute Gasteiger partial charge is 0.416 e. The average molecular weight is 462 g/mol. The number of anilines is 3. The van der Waals surface area contributed by atoms with Gasteiger partial charge in [0.25, 0.3) is 0 Å². The number of nitrogens with zero attached hydrogens (tertiary/aromatic N) is 6. The minimum absolute atomic E-state index is 0.110. The number of alkyl halides is 3. The van der Waals surface area contributed by atoms with Crippen molar-refractivity contribution >= 4 is 28.7 Å². The zero-order valence-corrected chi connectivity index (χ0v) is 17.5. The predicted molar refractivity (Wildman–Crippen MR) is 121 cm³/mol. The molecule has 5 aromatic rings. The Kier molecular flexibility index (Phi) is 5.50. The van der Waals surface area contributed by atoms with Gasteiger partial charge in [-0.1, -0.05) is 30.3 Å². The van der Waals surface area contributed by atoms with Gasteiger partial charge in [-0.2, -0.15) is 23.1 Å². The Morgan fingerprint density at radius 2 is 1.76 bits per heavy atom. The molecule has 0 aliphatic rings. The zero-order chi connectivity index (χ0) is 23.5. The van der Waals surface area contributed by atoms with E-state index in [0.29, 0.717) is 28.4 Å². The van der Waals surface area contributed by atoms with Crippen LogP contribution in [-0.2, 0) is 12.7 Å². The van der Waals surface area contributed by atoms with Gasteiger partial charge in [-0.25, -0.2) is 9.97 Å². The Hall–Kier alpha value is -4.54. The zero-order valence-electron chi connectivity index (χ0n) is 17.5. The molecule has 0 aliphatic carbocycles. The third-order valence-corrected chi connectivity index (χ3v) is 4.95. The maximum absolute atomic E-state index is 13.1. The van der Waals surface area contributed by atoms with Gasteiger partial charge in [-0.05, 0) is 29.8 Å². The van der Waals surface area contributed by atoms with E-state index in [1.54, 1.807) is 23.2 Å². The third kappa shape index (κ3) is 4.49. The van der Waals surface area contributed by atoms with Crippen molar-refractivity contribution in [1.82, 2.24) is 29.5 Å². The van der Waals surface area contributed by atoms with Gasteiger partial charge in [0.1, 0.15) is 6.33 Å². The highest BCUT2D eigenvalue weighted by Gasteiger charge is 2.30. The number of para-hydroxylation sites is 1. The van der Waals surface area contributed by atoms with E-state index in [9.17, 15) is 13.2 Å². The summed E-state index contributed by atoms with van der Waals surface area (Å²) in [5.41, 5.74) is 1.57. The molecule has 34 heavy (non-hydrogen) atoms. The number of aromatic nitrogens is 6. The fourth-order valence-corrected chi connectivity index (χ4v) is 3.38. The average Bonchev–Trinajstić information content (AvgIpc) is 3.27. The van der Waals surface area contributed by atoms with E-state index in [1.165, 1.54) is 18.5 Å². The molecule has 5 rings (SSSR count). The first kappa shape index (κ1) is 21.3. The van der Waals surface area contributed by atoms with Crippen LogP contribution in [-0.4, -0.2) is 29.5 Å². The molecule has 0 unspecified atom stereocenters. The molecule has 0 spiro atoms. The second-order valence-electron chi connectivity index (χ2n) is 7.29. The number of halogens is 3. The summed E-state index contributed by atoms with van der Waals surface area (Å²) in [4.78, 5) is 21.7. The second kappa shape index (κ2) is 8.77. The highest BCUT2D eigenvalue weighted by atomic mass is 19.4. The summed E-state index contributed by atoms with van der Waals surface area (Å²) in [5.74, 6) is 1.04. The summed E-state index contributed by atoms with van der Waals surface area (Å²) < 4.78 is 41.1. The molecule has 3 heterocycles. The van der Waals surface area contributed by atoms with Crippen molar-refractivity contribution < 1.29 is 13.2 Å². The summed E-state index contributed by atoms with van der Waals surface area (Å²) in [6, 6.07) is 14.7. The lowest BCUT2D eigenvalue weighted by Gasteiger charge is -2.12. The standard InChI is InChI=1S/C23H17F3N8/c24-23(25,26)16-6-4-5-15(11-16)12-29-20-19-21(34(14-30-19)17-7-2-1-3-8-17)33-22(32-20)31-18-13-27-9-10-28-18/h1-11,13-14H,12H2,(H2,28,29,31,32,33).